The molecule has 1 atom stereocenters. The molecule has 0 radical (unpaired) electrons. The van der Waals surface area contributed by atoms with Gasteiger partial charge in [0.25, 0.3) is 5.69 Å². The molecule has 5 rings (SSSR count). The lowest BCUT2D eigenvalue weighted by Gasteiger charge is -2.45. The number of rotatable bonds is 4. The van der Waals surface area contributed by atoms with Crippen LogP contribution >= 0.6 is 0 Å². The highest BCUT2D eigenvalue weighted by molar-refractivity contribution is 6.19. The quantitative estimate of drug-likeness (QED) is 0.236. The zero-order valence-electron chi connectivity index (χ0n) is 20.6. The molecule has 0 bridgehead atoms. The molecule has 0 aromatic heterocycles. The molecule has 2 aliphatic rings. The number of para-hydroxylation sites is 1. The number of non-ortho nitro benzene ring substituents is 1. The minimum Gasteiger partial charge on any atom is -0.507 e. The molecule has 0 spiro atoms. The average molecular weight is 494 g/mol. The van der Waals surface area contributed by atoms with Crippen molar-refractivity contribution in [1.29, 1.82) is 5.41 Å². The SMILES string of the molecule is CC1(C)CC(=O)C2=C(C1)N(c1ccccc1)C(=N)C(=C(O)c1ccccc1)[C@H]2c1ccc([N+](=O)[O-])cc1. The maximum absolute atomic E-state index is 13.8. The summed E-state index contributed by atoms with van der Waals surface area (Å²) < 4.78 is 0. The third kappa shape index (κ3) is 4.33. The molecule has 0 saturated heterocycles. The second kappa shape index (κ2) is 9.17. The number of hydrogen-bond donors (Lipinski definition) is 2. The number of Topliss-reactive ketones (excluding diaryl/α,β-unsaturated/α-hetero) is 1. The Labute approximate surface area is 215 Å². The van der Waals surface area contributed by atoms with E-state index in [0.29, 0.717) is 29.5 Å². The Kier molecular flexibility index (Phi) is 5.99. The number of benzene rings is 3. The van der Waals surface area contributed by atoms with Crippen LogP contribution in [-0.4, -0.2) is 21.6 Å². The van der Waals surface area contributed by atoms with Crippen molar-refractivity contribution in [3.8, 4) is 0 Å². The number of nitro benzene ring substituents is 1. The van der Waals surface area contributed by atoms with Crippen molar-refractivity contribution in [2.24, 2.45) is 5.41 Å². The number of nitrogens with zero attached hydrogens (tertiary/aromatic N) is 2. The van der Waals surface area contributed by atoms with Crippen LogP contribution in [0.2, 0.25) is 0 Å². The lowest BCUT2D eigenvalue weighted by molar-refractivity contribution is -0.384. The molecule has 7 nitrogen and oxygen atoms in total. The number of nitro groups is 1. The Balaban J connectivity index is 1.83. The Hall–Kier alpha value is -4.52. The van der Waals surface area contributed by atoms with Crippen LogP contribution < -0.4 is 4.90 Å². The summed E-state index contributed by atoms with van der Waals surface area (Å²) >= 11 is 0. The second-order valence-corrected chi connectivity index (χ2v) is 10.2. The second-order valence-electron chi connectivity index (χ2n) is 10.2. The number of hydrogen-bond acceptors (Lipinski definition) is 5. The predicted octanol–water partition coefficient (Wildman–Crippen LogP) is 6.79. The van der Waals surface area contributed by atoms with Crippen LogP contribution in [0.3, 0.4) is 0 Å². The van der Waals surface area contributed by atoms with Crippen molar-refractivity contribution < 1.29 is 14.8 Å². The maximum atomic E-state index is 13.8. The molecular formula is C30H27N3O4. The number of anilines is 1. The Morgan fingerprint density at radius 2 is 1.57 bits per heavy atom. The van der Waals surface area contributed by atoms with Crippen LogP contribution in [0.25, 0.3) is 5.76 Å². The number of aliphatic hydroxyl groups excluding tert-OH is 1. The van der Waals surface area contributed by atoms with E-state index in [1.165, 1.54) is 12.1 Å². The molecule has 1 aliphatic heterocycles. The van der Waals surface area contributed by atoms with Crippen molar-refractivity contribution in [3.05, 3.63) is 123 Å². The van der Waals surface area contributed by atoms with Crippen molar-refractivity contribution in [3.63, 3.8) is 0 Å². The molecule has 3 aromatic carbocycles. The van der Waals surface area contributed by atoms with Gasteiger partial charge in [-0.3, -0.25) is 25.2 Å². The molecule has 186 valence electrons. The maximum Gasteiger partial charge on any atom is 0.269 e. The first-order valence-electron chi connectivity index (χ1n) is 12.1. The highest BCUT2D eigenvalue weighted by Crippen LogP contribution is 2.51. The molecule has 2 N–H and O–H groups in total. The number of carbonyl (C=O) groups is 1. The van der Waals surface area contributed by atoms with Crippen LogP contribution in [0, 0.1) is 20.9 Å². The summed E-state index contributed by atoms with van der Waals surface area (Å²) in [5.41, 5.74) is 3.02. The molecular weight excluding hydrogens is 466 g/mol. The highest BCUT2D eigenvalue weighted by Gasteiger charge is 2.46. The summed E-state index contributed by atoms with van der Waals surface area (Å²) in [5, 5.41) is 32.3. The number of aliphatic hydroxyl groups is 1. The van der Waals surface area contributed by atoms with Gasteiger partial charge in [-0.1, -0.05) is 74.5 Å². The molecule has 0 fully saturated rings. The normalized spacial score (nSPS) is 20.5. The van der Waals surface area contributed by atoms with Crippen molar-refractivity contribution in [1.82, 2.24) is 0 Å². The Bertz CT molecular complexity index is 1460. The molecule has 0 saturated carbocycles. The van der Waals surface area contributed by atoms with Gasteiger partial charge < -0.3 is 5.11 Å². The van der Waals surface area contributed by atoms with E-state index < -0.39 is 10.8 Å². The molecule has 3 aromatic rings. The summed E-state index contributed by atoms with van der Waals surface area (Å²) in [4.78, 5) is 26.4. The number of amidine groups is 1. The van der Waals surface area contributed by atoms with Gasteiger partial charge in [0.2, 0.25) is 0 Å². The van der Waals surface area contributed by atoms with E-state index >= 15 is 0 Å². The van der Waals surface area contributed by atoms with E-state index in [0.717, 1.165) is 11.4 Å². The van der Waals surface area contributed by atoms with Crippen LogP contribution in [0.15, 0.2) is 102 Å². The van der Waals surface area contributed by atoms with E-state index in [1.807, 2.05) is 50.2 Å². The van der Waals surface area contributed by atoms with Crippen molar-refractivity contribution >= 4 is 28.8 Å². The largest absolute Gasteiger partial charge is 0.507 e. The van der Waals surface area contributed by atoms with Crippen molar-refractivity contribution in [2.75, 3.05) is 4.90 Å². The van der Waals surface area contributed by atoms with Gasteiger partial charge in [-0.25, -0.2) is 0 Å². The first-order valence-corrected chi connectivity index (χ1v) is 12.1. The number of carbonyl (C=O) groups excluding carboxylic acids is 1. The monoisotopic (exact) mass is 493 g/mol. The molecule has 37 heavy (non-hydrogen) atoms. The molecule has 7 heteroatoms. The predicted molar refractivity (Wildman–Crippen MR) is 144 cm³/mol. The summed E-state index contributed by atoms with van der Waals surface area (Å²) in [5.74, 6) is -0.826. The van der Waals surface area contributed by atoms with Crippen molar-refractivity contribution in [2.45, 2.75) is 32.6 Å². The van der Waals surface area contributed by atoms with Gasteiger partial charge >= 0.3 is 0 Å². The zero-order chi connectivity index (χ0) is 26.3. The van der Waals surface area contributed by atoms with E-state index in [4.69, 9.17) is 0 Å². The van der Waals surface area contributed by atoms with Gasteiger partial charge in [0.1, 0.15) is 11.6 Å². The van der Waals surface area contributed by atoms with Gasteiger partial charge in [0, 0.05) is 52.6 Å². The van der Waals surface area contributed by atoms with Gasteiger partial charge in [-0.15, -0.1) is 0 Å². The first-order chi connectivity index (χ1) is 17.7. The van der Waals surface area contributed by atoms with Gasteiger partial charge in [0.05, 0.1) is 4.92 Å². The average Bonchev–Trinajstić information content (AvgIpc) is 2.88. The minimum atomic E-state index is -0.743. The lowest BCUT2D eigenvalue weighted by Crippen LogP contribution is -2.45. The molecule has 1 aliphatic carbocycles. The third-order valence-corrected chi connectivity index (χ3v) is 6.98. The van der Waals surface area contributed by atoms with E-state index in [-0.39, 0.29) is 34.1 Å². The first kappa shape index (κ1) is 24.2. The van der Waals surface area contributed by atoms with Crippen LogP contribution in [-0.2, 0) is 4.79 Å². The van der Waals surface area contributed by atoms with Crippen LogP contribution in [0.5, 0.6) is 0 Å². The molecule has 0 amide bonds. The minimum absolute atomic E-state index is 0.0543. The lowest BCUT2D eigenvalue weighted by atomic mass is 9.67. The Morgan fingerprint density at radius 1 is 0.973 bits per heavy atom. The van der Waals surface area contributed by atoms with E-state index in [9.17, 15) is 25.4 Å². The fraction of sp³-hybridized carbons (Fsp3) is 0.200. The molecule has 0 unspecified atom stereocenters. The highest BCUT2D eigenvalue weighted by atomic mass is 16.6. The fourth-order valence-electron chi connectivity index (χ4n) is 5.35. The van der Waals surface area contributed by atoms with Crippen LogP contribution in [0.1, 0.15) is 43.7 Å². The summed E-state index contributed by atoms with van der Waals surface area (Å²) in [6, 6.07) is 24.4. The number of allylic oxidation sites excluding steroid dienone is 2. The summed E-state index contributed by atoms with van der Waals surface area (Å²) in [7, 11) is 0. The van der Waals surface area contributed by atoms with Crippen LogP contribution in [0.4, 0.5) is 11.4 Å². The van der Waals surface area contributed by atoms with Gasteiger partial charge in [-0.2, -0.15) is 0 Å². The molecule has 1 heterocycles. The van der Waals surface area contributed by atoms with Gasteiger partial charge in [-0.05, 0) is 29.5 Å². The smallest absolute Gasteiger partial charge is 0.269 e. The standard InChI is InChI=1S/C30H27N3O4/c1-30(2)17-23-26(24(34)18-30)25(19-13-15-22(16-14-19)33(36)37)27(28(35)20-9-5-3-6-10-20)29(31)32(23)21-11-7-4-8-12-21/h3-16,25,31,35H,17-18H2,1-2H3/t25-/m0/s1. The number of ketones is 1. The third-order valence-electron chi connectivity index (χ3n) is 6.98. The summed E-state index contributed by atoms with van der Waals surface area (Å²) in [6.07, 6.45) is 0.888. The summed E-state index contributed by atoms with van der Waals surface area (Å²) in [6.45, 7) is 4.07. The van der Waals surface area contributed by atoms with E-state index in [1.54, 1.807) is 41.3 Å². The zero-order valence-corrected chi connectivity index (χ0v) is 20.6. The van der Waals surface area contributed by atoms with Gasteiger partial charge in [0.15, 0.2) is 5.78 Å². The topological polar surface area (TPSA) is 108 Å². The Morgan fingerprint density at radius 3 is 2.16 bits per heavy atom. The van der Waals surface area contributed by atoms with E-state index in [2.05, 4.69) is 0 Å². The fourth-order valence-corrected chi connectivity index (χ4v) is 5.35. The number of nitrogens with one attached hydrogen (secondary N) is 1.